The van der Waals surface area contributed by atoms with E-state index in [0.29, 0.717) is 30.1 Å². The fourth-order valence-corrected chi connectivity index (χ4v) is 1.50. The van der Waals surface area contributed by atoms with Gasteiger partial charge < -0.3 is 10.1 Å². The first kappa shape index (κ1) is 12.2. The Morgan fingerprint density at radius 3 is 3.00 bits per heavy atom. The number of carbonyl (C=O) groups excluding carboxylic acids is 1. The van der Waals surface area contributed by atoms with Crippen LogP contribution >= 0.6 is 0 Å². The molecular weight excluding hydrogens is 236 g/mol. The lowest BCUT2D eigenvalue weighted by atomic mass is 10.4. The quantitative estimate of drug-likeness (QED) is 0.758. The van der Waals surface area contributed by atoms with Crippen molar-refractivity contribution in [2.45, 2.75) is 20.4 Å². The predicted molar refractivity (Wildman–Crippen MR) is 63.9 cm³/mol. The summed E-state index contributed by atoms with van der Waals surface area (Å²) in [6.07, 6.45) is 1.41. The third-order valence-corrected chi connectivity index (χ3v) is 2.31. The number of fused-ring (bicyclic) bond motifs is 1. The molecule has 0 saturated heterocycles. The van der Waals surface area contributed by atoms with Gasteiger partial charge in [0.25, 0.3) is 0 Å². The van der Waals surface area contributed by atoms with Crippen LogP contribution in [0.4, 0.5) is 5.82 Å². The van der Waals surface area contributed by atoms with Crippen LogP contribution in [0, 0.1) is 0 Å². The molecule has 0 bridgehead atoms. The molecular formula is C10H14N6O2. The molecule has 0 amide bonds. The Hall–Kier alpha value is -2.25. The van der Waals surface area contributed by atoms with Gasteiger partial charge in [0.15, 0.2) is 17.0 Å². The molecule has 2 aromatic heterocycles. The first-order chi connectivity index (χ1) is 8.76. The summed E-state index contributed by atoms with van der Waals surface area (Å²) in [5.41, 5.74) is 1.18. The molecule has 0 aliphatic rings. The molecule has 0 radical (unpaired) electrons. The second kappa shape index (κ2) is 5.39. The maximum Gasteiger partial charge on any atom is 0.325 e. The summed E-state index contributed by atoms with van der Waals surface area (Å²) >= 11 is 0. The second-order valence-corrected chi connectivity index (χ2v) is 3.46. The molecule has 0 aromatic carbocycles. The van der Waals surface area contributed by atoms with Crippen molar-refractivity contribution < 1.29 is 9.53 Å². The van der Waals surface area contributed by atoms with E-state index in [-0.39, 0.29) is 12.5 Å². The number of esters is 1. The van der Waals surface area contributed by atoms with E-state index in [2.05, 4.69) is 25.6 Å². The van der Waals surface area contributed by atoms with Gasteiger partial charge in [-0.1, -0.05) is 5.21 Å². The van der Waals surface area contributed by atoms with Crippen molar-refractivity contribution in [2.24, 2.45) is 0 Å². The van der Waals surface area contributed by atoms with Crippen LogP contribution in [0.25, 0.3) is 11.2 Å². The van der Waals surface area contributed by atoms with E-state index in [9.17, 15) is 4.79 Å². The van der Waals surface area contributed by atoms with Gasteiger partial charge in [-0.05, 0) is 13.8 Å². The zero-order chi connectivity index (χ0) is 13.0. The third-order valence-electron chi connectivity index (χ3n) is 2.31. The van der Waals surface area contributed by atoms with Crippen molar-refractivity contribution in [3.63, 3.8) is 0 Å². The molecule has 96 valence electrons. The highest BCUT2D eigenvalue weighted by Crippen LogP contribution is 2.15. The summed E-state index contributed by atoms with van der Waals surface area (Å²) in [4.78, 5) is 19.4. The number of carbonyl (C=O) groups is 1. The fraction of sp³-hybridized carbons (Fsp3) is 0.500. The molecule has 8 heteroatoms. The van der Waals surface area contributed by atoms with E-state index in [1.54, 1.807) is 11.6 Å². The number of nitrogens with zero attached hydrogens (tertiary/aromatic N) is 5. The van der Waals surface area contributed by atoms with Gasteiger partial charge in [0.2, 0.25) is 0 Å². The summed E-state index contributed by atoms with van der Waals surface area (Å²) < 4.78 is 6.48. The number of anilines is 1. The normalized spacial score (nSPS) is 10.6. The number of rotatable bonds is 5. The summed E-state index contributed by atoms with van der Waals surface area (Å²) in [5, 5.41) is 10.8. The summed E-state index contributed by atoms with van der Waals surface area (Å²) in [7, 11) is 0. The Bertz CT molecular complexity index is 552. The molecule has 8 nitrogen and oxygen atoms in total. The first-order valence-electron chi connectivity index (χ1n) is 5.70. The Balaban J connectivity index is 2.18. The minimum Gasteiger partial charge on any atom is -0.465 e. The van der Waals surface area contributed by atoms with Crippen LogP contribution in [0.5, 0.6) is 0 Å². The maximum atomic E-state index is 11.2. The van der Waals surface area contributed by atoms with Crippen molar-refractivity contribution in [1.29, 1.82) is 0 Å². The van der Waals surface area contributed by atoms with Gasteiger partial charge in [0.1, 0.15) is 12.9 Å². The van der Waals surface area contributed by atoms with Gasteiger partial charge in [-0.25, -0.2) is 14.6 Å². The second-order valence-electron chi connectivity index (χ2n) is 3.46. The Morgan fingerprint density at radius 2 is 2.28 bits per heavy atom. The SMILES string of the molecule is CCOC(=O)CNc1ncnc2c1nnn2CC. The monoisotopic (exact) mass is 250 g/mol. The lowest BCUT2D eigenvalue weighted by molar-refractivity contribution is -0.140. The highest BCUT2D eigenvalue weighted by Gasteiger charge is 2.11. The number of hydrogen-bond acceptors (Lipinski definition) is 7. The van der Waals surface area contributed by atoms with E-state index in [1.807, 2.05) is 6.92 Å². The highest BCUT2D eigenvalue weighted by molar-refractivity contribution is 5.84. The average Bonchev–Trinajstić information content (AvgIpc) is 2.80. The van der Waals surface area contributed by atoms with Gasteiger partial charge in [-0.15, -0.1) is 5.10 Å². The third kappa shape index (κ3) is 2.36. The van der Waals surface area contributed by atoms with Crippen molar-refractivity contribution >= 4 is 23.0 Å². The average molecular weight is 250 g/mol. The molecule has 0 spiro atoms. The van der Waals surface area contributed by atoms with Crippen molar-refractivity contribution in [3.8, 4) is 0 Å². The van der Waals surface area contributed by atoms with Gasteiger partial charge in [-0.2, -0.15) is 0 Å². The molecule has 1 N–H and O–H groups in total. The van der Waals surface area contributed by atoms with E-state index in [0.717, 1.165) is 0 Å². The highest BCUT2D eigenvalue weighted by atomic mass is 16.5. The van der Waals surface area contributed by atoms with Crippen LogP contribution in [0.2, 0.25) is 0 Å². The number of hydrogen-bond donors (Lipinski definition) is 1. The van der Waals surface area contributed by atoms with Crippen LogP contribution in [-0.2, 0) is 16.1 Å². The molecule has 18 heavy (non-hydrogen) atoms. The number of aromatic nitrogens is 5. The van der Waals surface area contributed by atoms with Gasteiger partial charge in [0.05, 0.1) is 6.61 Å². The molecule has 0 fully saturated rings. The molecule has 2 heterocycles. The van der Waals surface area contributed by atoms with E-state index >= 15 is 0 Å². The Morgan fingerprint density at radius 1 is 1.44 bits per heavy atom. The lowest BCUT2D eigenvalue weighted by Crippen LogP contribution is -2.17. The van der Waals surface area contributed by atoms with Crippen LogP contribution in [0.15, 0.2) is 6.33 Å². The zero-order valence-electron chi connectivity index (χ0n) is 10.3. The van der Waals surface area contributed by atoms with Crippen molar-refractivity contribution in [2.75, 3.05) is 18.5 Å². The molecule has 0 atom stereocenters. The molecule has 2 rings (SSSR count). The topological polar surface area (TPSA) is 94.8 Å². The summed E-state index contributed by atoms with van der Waals surface area (Å²) in [6, 6.07) is 0. The van der Waals surface area contributed by atoms with Gasteiger partial charge >= 0.3 is 5.97 Å². The fourth-order valence-electron chi connectivity index (χ4n) is 1.50. The van der Waals surface area contributed by atoms with Crippen LogP contribution < -0.4 is 5.32 Å². The predicted octanol–water partition coefficient (Wildman–Crippen LogP) is 0.216. The summed E-state index contributed by atoms with van der Waals surface area (Å²) in [6.45, 7) is 4.77. The van der Waals surface area contributed by atoms with Crippen molar-refractivity contribution in [3.05, 3.63) is 6.33 Å². The maximum absolute atomic E-state index is 11.2. The number of ether oxygens (including phenoxy) is 1. The standard InChI is InChI=1S/C10H14N6O2/c1-3-16-10-8(14-15-16)9(12-6-13-10)11-5-7(17)18-4-2/h6H,3-5H2,1-2H3,(H,11,12,13). The van der Waals surface area contributed by atoms with Crippen molar-refractivity contribution in [1.82, 2.24) is 25.0 Å². The summed E-state index contributed by atoms with van der Waals surface area (Å²) in [5.74, 6) is 0.139. The Kier molecular flexibility index (Phi) is 3.66. The minimum atomic E-state index is -0.341. The van der Waals surface area contributed by atoms with Gasteiger partial charge in [0, 0.05) is 6.54 Å². The lowest BCUT2D eigenvalue weighted by Gasteiger charge is -2.04. The number of nitrogens with one attached hydrogen (secondary N) is 1. The Labute approximate surface area is 103 Å². The molecule has 2 aromatic rings. The van der Waals surface area contributed by atoms with Crippen LogP contribution in [0.1, 0.15) is 13.8 Å². The largest absolute Gasteiger partial charge is 0.465 e. The minimum absolute atomic E-state index is 0.0406. The van der Waals surface area contributed by atoms with Gasteiger partial charge in [-0.3, -0.25) is 4.79 Å². The molecule has 0 aliphatic heterocycles. The first-order valence-corrected chi connectivity index (χ1v) is 5.70. The molecule has 0 saturated carbocycles. The van der Waals surface area contributed by atoms with E-state index < -0.39 is 0 Å². The number of aryl methyl sites for hydroxylation is 1. The van der Waals surface area contributed by atoms with Crippen LogP contribution in [0.3, 0.4) is 0 Å². The zero-order valence-corrected chi connectivity index (χ0v) is 10.3. The van der Waals surface area contributed by atoms with E-state index in [1.165, 1.54) is 6.33 Å². The molecule has 0 aliphatic carbocycles. The molecule has 0 unspecified atom stereocenters. The van der Waals surface area contributed by atoms with Crippen LogP contribution in [-0.4, -0.2) is 44.1 Å². The smallest absolute Gasteiger partial charge is 0.325 e. The van der Waals surface area contributed by atoms with E-state index in [4.69, 9.17) is 4.74 Å².